The molecule has 0 aliphatic rings. The van der Waals surface area contributed by atoms with Crippen LogP contribution in [0.4, 0.5) is 17.1 Å². The first kappa shape index (κ1) is 32.9. The lowest BCUT2D eigenvalue weighted by molar-refractivity contribution is -0.114. The second-order valence-electron chi connectivity index (χ2n) is 10.4. The Hall–Kier alpha value is -5.02. The summed E-state index contributed by atoms with van der Waals surface area (Å²) in [5.41, 5.74) is 3.53. The highest BCUT2D eigenvalue weighted by Gasteiger charge is 2.16. The minimum absolute atomic E-state index is 0.0978. The molecule has 0 atom stereocenters. The molecule has 232 valence electrons. The number of rotatable bonds is 14. The average Bonchev–Trinajstić information content (AvgIpc) is 3.05. The fourth-order valence-electron chi connectivity index (χ4n) is 4.15. The molecule has 8 nitrogen and oxygen atoms in total. The van der Waals surface area contributed by atoms with Gasteiger partial charge in [-0.1, -0.05) is 49.7 Å². The van der Waals surface area contributed by atoms with E-state index in [1.807, 2.05) is 79.7 Å². The van der Waals surface area contributed by atoms with Crippen molar-refractivity contribution in [2.45, 2.75) is 24.7 Å². The molecule has 0 saturated heterocycles. The molecule has 9 heteroatoms. The summed E-state index contributed by atoms with van der Waals surface area (Å²) < 4.78 is 5.67. The summed E-state index contributed by atoms with van der Waals surface area (Å²) in [6, 6.07) is 30.9. The van der Waals surface area contributed by atoms with Crippen molar-refractivity contribution >= 4 is 52.6 Å². The summed E-state index contributed by atoms with van der Waals surface area (Å²) in [6.07, 6.45) is 3.70. The van der Waals surface area contributed by atoms with Gasteiger partial charge in [0, 0.05) is 41.6 Å². The van der Waals surface area contributed by atoms with Gasteiger partial charge in [-0.3, -0.25) is 14.4 Å². The molecule has 3 amide bonds. The van der Waals surface area contributed by atoms with Crippen molar-refractivity contribution < 1.29 is 19.1 Å². The third-order valence-electron chi connectivity index (χ3n) is 6.62. The van der Waals surface area contributed by atoms with Crippen molar-refractivity contribution in [2.24, 2.45) is 0 Å². The van der Waals surface area contributed by atoms with E-state index in [2.05, 4.69) is 22.9 Å². The standard InChI is InChI=1S/C36H38N4O4S/c1-4-5-22-44-31-20-16-28(17-21-31)37-34(41)25-45-32-13-9-12-29(24-32)38-36(43)33(39-35(42)27-10-7-6-8-11-27)23-26-14-18-30(19-15-26)40(2)3/h6-21,23-24H,4-5,22,25H2,1-3H3,(H,37,41)(H,38,43)(H,39,42)/b33-23+. The number of hydrogen-bond acceptors (Lipinski definition) is 6. The van der Waals surface area contributed by atoms with Crippen LogP contribution in [0, 0.1) is 0 Å². The molecule has 0 fully saturated rings. The Bertz CT molecular complexity index is 1600. The maximum Gasteiger partial charge on any atom is 0.272 e. The van der Waals surface area contributed by atoms with E-state index in [1.54, 1.807) is 48.5 Å². The van der Waals surface area contributed by atoms with Crippen LogP contribution in [-0.4, -0.2) is 44.2 Å². The zero-order valence-corrected chi connectivity index (χ0v) is 26.5. The first-order valence-corrected chi connectivity index (χ1v) is 15.7. The number of benzene rings is 4. The summed E-state index contributed by atoms with van der Waals surface area (Å²) >= 11 is 1.35. The van der Waals surface area contributed by atoms with Crippen molar-refractivity contribution in [3.05, 3.63) is 120 Å². The van der Waals surface area contributed by atoms with Crippen LogP contribution in [0.25, 0.3) is 6.08 Å². The lowest BCUT2D eigenvalue weighted by atomic mass is 10.1. The third-order valence-corrected chi connectivity index (χ3v) is 7.61. The molecule has 0 heterocycles. The van der Waals surface area contributed by atoms with Crippen LogP contribution in [0.15, 0.2) is 114 Å². The minimum Gasteiger partial charge on any atom is -0.494 e. The summed E-state index contributed by atoms with van der Waals surface area (Å²) in [5, 5.41) is 8.55. The molecule has 0 radical (unpaired) electrons. The van der Waals surface area contributed by atoms with E-state index in [1.165, 1.54) is 11.8 Å². The fourth-order valence-corrected chi connectivity index (χ4v) is 4.91. The van der Waals surface area contributed by atoms with Gasteiger partial charge in [-0.25, -0.2) is 0 Å². The van der Waals surface area contributed by atoms with Crippen LogP contribution in [-0.2, 0) is 9.59 Å². The van der Waals surface area contributed by atoms with Crippen molar-refractivity contribution in [2.75, 3.05) is 42.0 Å². The van der Waals surface area contributed by atoms with E-state index in [-0.39, 0.29) is 17.4 Å². The lowest BCUT2D eigenvalue weighted by Crippen LogP contribution is -2.30. The number of carbonyl (C=O) groups is 3. The molecule has 4 aromatic rings. The first-order chi connectivity index (χ1) is 21.8. The van der Waals surface area contributed by atoms with Crippen LogP contribution in [0.2, 0.25) is 0 Å². The molecular weight excluding hydrogens is 584 g/mol. The van der Waals surface area contributed by atoms with Gasteiger partial charge in [0.25, 0.3) is 11.8 Å². The molecule has 45 heavy (non-hydrogen) atoms. The monoisotopic (exact) mass is 622 g/mol. The van der Waals surface area contributed by atoms with Crippen molar-refractivity contribution in [1.29, 1.82) is 0 Å². The smallest absolute Gasteiger partial charge is 0.272 e. The maximum atomic E-state index is 13.5. The molecule has 4 aromatic carbocycles. The van der Waals surface area contributed by atoms with E-state index in [0.29, 0.717) is 23.5 Å². The van der Waals surface area contributed by atoms with Crippen molar-refractivity contribution in [1.82, 2.24) is 5.32 Å². The Morgan fingerprint density at radius 1 is 0.822 bits per heavy atom. The topological polar surface area (TPSA) is 99.8 Å². The molecule has 0 unspecified atom stereocenters. The van der Waals surface area contributed by atoms with Gasteiger partial charge in [0.2, 0.25) is 5.91 Å². The van der Waals surface area contributed by atoms with Gasteiger partial charge in [-0.05, 0) is 84.8 Å². The Balaban J connectivity index is 1.39. The SMILES string of the molecule is CCCCOc1ccc(NC(=O)CSc2cccc(NC(=O)/C(=C\c3ccc(N(C)C)cc3)NC(=O)c3ccccc3)c2)cc1. The number of thioether (sulfide) groups is 1. The predicted octanol–water partition coefficient (Wildman–Crippen LogP) is 7.07. The quantitative estimate of drug-likeness (QED) is 0.0790. The number of anilines is 3. The third kappa shape index (κ3) is 10.6. The summed E-state index contributed by atoms with van der Waals surface area (Å²) in [4.78, 5) is 41.8. The van der Waals surface area contributed by atoms with Gasteiger partial charge in [0.15, 0.2) is 0 Å². The molecule has 0 aliphatic heterocycles. The van der Waals surface area contributed by atoms with E-state index in [4.69, 9.17) is 4.74 Å². The zero-order chi connectivity index (χ0) is 32.0. The number of amides is 3. The highest BCUT2D eigenvalue weighted by Crippen LogP contribution is 2.23. The average molecular weight is 623 g/mol. The second kappa shape index (κ2) is 16.7. The molecule has 0 spiro atoms. The highest BCUT2D eigenvalue weighted by molar-refractivity contribution is 8.00. The number of nitrogens with zero attached hydrogens (tertiary/aromatic N) is 1. The Morgan fingerprint density at radius 3 is 2.24 bits per heavy atom. The zero-order valence-electron chi connectivity index (χ0n) is 25.7. The highest BCUT2D eigenvalue weighted by atomic mass is 32.2. The van der Waals surface area contributed by atoms with Gasteiger partial charge >= 0.3 is 0 Å². The van der Waals surface area contributed by atoms with Gasteiger partial charge in [0.1, 0.15) is 11.4 Å². The van der Waals surface area contributed by atoms with Crippen LogP contribution in [0.1, 0.15) is 35.7 Å². The molecular formula is C36H38N4O4S. The second-order valence-corrected chi connectivity index (χ2v) is 11.5. The van der Waals surface area contributed by atoms with Crippen LogP contribution < -0.4 is 25.6 Å². The number of carbonyl (C=O) groups excluding carboxylic acids is 3. The molecule has 0 aromatic heterocycles. The molecule has 0 saturated carbocycles. The number of ether oxygens (including phenoxy) is 1. The summed E-state index contributed by atoms with van der Waals surface area (Å²) in [7, 11) is 3.90. The first-order valence-electron chi connectivity index (χ1n) is 14.7. The Morgan fingerprint density at radius 2 is 1.56 bits per heavy atom. The molecule has 4 rings (SSSR count). The van der Waals surface area contributed by atoms with E-state index in [0.717, 1.165) is 34.7 Å². The van der Waals surface area contributed by atoms with Crippen molar-refractivity contribution in [3.63, 3.8) is 0 Å². The van der Waals surface area contributed by atoms with Gasteiger partial charge in [-0.2, -0.15) is 0 Å². The number of nitrogens with one attached hydrogen (secondary N) is 3. The lowest BCUT2D eigenvalue weighted by Gasteiger charge is -2.14. The summed E-state index contributed by atoms with van der Waals surface area (Å²) in [6.45, 7) is 2.78. The maximum absolute atomic E-state index is 13.5. The number of unbranched alkanes of at least 4 members (excludes halogenated alkanes) is 1. The van der Waals surface area contributed by atoms with Crippen LogP contribution in [0.3, 0.4) is 0 Å². The van der Waals surface area contributed by atoms with Crippen LogP contribution in [0.5, 0.6) is 5.75 Å². The van der Waals surface area contributed by atoms with E-state index >= 15 is 0 Å². The van der Waals surface area contributed by atoms with Crippen LogP contribution >= 0.6 is 11.8 Å². The molecule has 3 N–H and O–H groups in total. The molecule has 0 bridgehead atoms. The van der Waals surface area contributed by atoms with E-state index < -0.39 is 11.8 Å². The van der Waals surface area contributed by atoms with E-state index in [9.17, 15) is 14.4 Å². The Kier molecular flexibility index (Phi) is 12.2. The predicted molar refractivity (Wildman–Crippen MR) is 184 cm³/mol. The summed E-state index contributed by atoms with van der Waals surface area (Å²) in [5.74, 6) is -0.0560. The normalized spacial score (nSPS) is 11.0. The number of hydrogen-bond donors (Lipinski definition) is 3. The fraction of sp³-hybridized carbons (Fsp3) is 0.194. The Labute approximate surface area is 268 Å². The molecule has 0 aliphatic carbocycles. The van der Waals surface area contributed by atoms with Crippen molar-refractivity contribution in [3.8, 4) is 5.75 Å². The minimum atomic E-state index is -0.474. The van der Waals surface area contributed by atoms with Gasteiger partial charge in [-0.15, -0.1) is 11.8 Å². The van der Waals surface area contributed by atoms with Gasteiger partial charge < -0.3 is 25.6 Å². The largest absolute Gasteiger partial charge is 0.494 e. The van der Waals surface area contributed by atoms with Gasteiger partial charge in [0.05, 0.1) is 12.4 Å².